The van der Waals surface area contributed by atoms with Gasteiger partial charge in [-0.05, 0) is 17.9 Å². The molecule has 0 aromatic carbocycles. The van der Waals surface area contributed by atoms with Crippen molar-refractivity contribution in [2.45, 2.75) is 71.8 Å². The molecule has 0 unspecified atom stereocenters. The lowest BCUT2D eigenvalue weighted by atomic mass is 9.84. The molecule has 2 heterocycles. The van der Waals surface area contributed by atoms with Crippen LogP contribution in [-0.2, 0) is 22.3 Å². The molecule has 0 fully saturated rings. The maximum atomic E-state index is 13.1. The lowest BCUT2D eigenvalue weighted by molar-refractivity contribution is -0.273. The number of anilines is 1. The molecule has 2 N–H and O–H groups in total. The van der Waals surface area contributed by atoms with Crippen LogP contribution in [0.5, 0.6) is 0 Å². The standard InChI is InChI=1S/C21H29F3N6O4/c1-5-6-7-13(17(31)18(32)26-16-8-10-25-27-16)30(19(33)34)15(20(2,3)4)12-29-11-9-14(28-29)21(22,23)24/h8-11,13,15H,5-7,12H2,1-4H3,(H,33,34)(H2,25,26,27,32)/p-1/t13-,15+/m0/s1. The fourth-order valence-corrected chi connectivity index (χ4v) is 3.50. The van der Waals surface area contributed by atoms with Crippen LogP contribution >= 0.6 is 0 Å². The number of nitrogens with zero attached hydrogens (tertiary/aromatic N) is 4. The van der Waals surface area contributed by atoms with E-state index < -0.39 is 47.2 Å². The van der Waals surface area contributed by atoms with Gasteiger partial charge in [0.25, 0.3) is 5.91 Å². The zero-order chi connectivity index (χ0) is 25.7. The minimum Gasteiger partial charge on any atom is -0.530 e. The Labute approximate surface area is 194 Å². The van der Waals surface area contributed by atoms with Crippen LogP contribution in [0.2, 0.25) is 0 Å². The summed E-state index contributed by atoms with van der Waals surface area (Å²) in [6, 6.07) is -0.254. The van der Waals surface area contributed by atoms with Crippen molar-refractivity contribution in [2.75, 3.05) is 5.32 Å². The Morgan fingerprint density at radius 1 is 1.24 bits per heavy atom. The molecule has 2 aromatic heterocycles. The number of rotatable bonds is 10. The number of unbranched alkanes of at least 4 members (excludes halogenated alkanes) is 1. The van der Waals surface area contributed by atoms with Crippen LogP contribution in [-0.4, -0.2) is 54.7 Å². The Morgan fingerprint density at radius 3 is 2.38 bits per heavy atom. The Bertz CT molecular complexity index is 982. The van der Waals surface area contributed by atoms with Gasteiger partial charge in [0.2, 0.25) is 5.78 Å². The van der Waals surface area contributed by atoms with Crippen LogP contribution in [0, 0.1) is 5.41 Å². The van der Waals surface area contributed by atoms with E-state index >= 15 is 0 Å². The maximum Gasteiger partial charge on any atom is 0.435 e. The van der Waals surface area contributed by atoms with Crippen molar-refractivity contribution in [3.63, 3.8) is 0 Å². The van der Waals surface area contributed by atoms with Crippen molar-refractivity contribution >= 4 is 23.6 Å². The van der Waals surface area contributed by atoms with Crippen molar-refractivity contribution in [1.29, 1.82) is 0 Å². The fraction of sp³-hybridized carbons (Fsp3) is 0.571. The van der Waals surface area contributed by atoms with Gasteiger partial charge < -0.3 is 20.1 Å². The summed E-state index contributed by atoms with van der Waals surface area (Å²) in [6.45, 7) is 6.57. The summed E-state index contributed by atoms with van der Waals surface area (Å²) in [6.07, 6.45) is -2.87. The second-order valence-corrected chi connectivity index (χ2v) is 8.92. The summed E-state index contributed by atoms with van der Waals surface area (Å²) >= 11 is 0. The van der Waals surface area contributed by atoms with E-state index in [0.717, 1.165) is 21.8 Å². The maximum absolute atomic E-state index is 13.1. The Morgan fingerprint density at radius 2 is 1.91 bits per heavy atom. The summed E-state index contributed by atoms with van der Waals surface area (Å²) in [5.41, 5.74) is -1.98. The lowest BCUT2D eigenvalue weighted by Crippen LogP contribution is -2.61. The molecule has 10 nitrogen and oxygen atoms in total. The number of amides is 2. The smallest absolute Gasteiger partial charge is 0.435 e. The summed E-state index contributed by atoms with van der Waals surface area (Å²) in [5.74, 6) is -1.92. The first kappa shape index (κ1) is 26.9. The number of Topliss-reactive ketones (excluding diaryl/α,β-unsaturated/α-hetero) is 1. The average molecular weight is 485 g/mol. The average Bonchev–Trinajstić information content (AvgIpc) is 3.40. The number of carbonyl (C=O) groups excluding carboxylic acids is 3. The lowest BCUT2D eigenvalue weighted by Gasteiger charge is -2.45. The van der Waals surface area contributed by atoms with E-state index in [4.69, 9.17) is 0 Å². The molecule has 2 atom stereocenters. The molecular weight excluding hydrogens is 457 g/mol. The highest BCUT2D eigenvalue weighted by molar-refractivity contribution is 6.42. The number of nitrogens with one attached hydrogen (secondary N) is 2. The number of hydrogen-bond acceptors (Lipinski definition) is 6. The monoisotopic (exact) mass is 485 g/mol. The molecule has 2 aromatic rings. The van der Waals surface area contributed by atoms with Crippen LogP contribution in [0.25, 0.3) is 0 Å². The van der Waals surface area contributed by atoms with E-state index in [-0.39, 0.29) is 18.8 Å². The molecule has 0 radical (unpaired) electrons. The van der Waals surface area contributed by atoms with Gasteiger partial charge in [-0.3, -0.25) is 19.4 Å². The highest BCUT2D eigenvalue weighted by Crippen LogP contribution is 2.31. The third kappa shape index (κ3) is 6.81. The molecule has 34 heavy (non-hydrogen) atoms. The number of aromatic nitrogens is 4. The topological polar surface area (TPSA) is 136 Å². The highest BCUT2D eigenvalue weighted by Gasteiger charge is 2.40. The van der Waals surface area contributed by atoms with Gasteiger partial charge in [0.1, 0.15) is 11.9 Å². The van der Waals surface area contributed by atoms with E-state index in [0.29, 0.717) is 12.8 Å². The van der Waals surface area contributed by atoms with E-state index in [2.05, 4.69) is 20.6 Å². The van der Waals surface area contributed by atoms with Gasteiger partial charge >= 0.3 is 6.18 Å². The van der Waals surface area contributed by atoms with E-state index in [1.54, 1.807) is 20.8 Å². The van der Waals surface area contributed by atoms with Gasteiger partial charge in [0.05, 0.1) is 24.8 Å². The molecule has 188 valence electrons. The summed E-state index contributed by atoms with van der Waals surface area (Å²) in [5, 5.41) is 24.3. The molecule has 0 saturated heterocycles. The van der Waals surface area contributed by atoms with Crippen molar-refractivity contribution in [3.8, 4) is 0 Å². The molecule has 2 rings (SSSR count). The van der Waals surface area contributed by atoms with Crippen LogP contribution < -0.4 is 10.4 Å². The third-order valence-electron chi connectivity index (χ3n) is 5.28. The second kappa shape index (κ2) is 10.7. The molecule has 0 saturated carbocycles. The summed E-state index contributed by atoms with van der Waals surface area (Å²) < 4.78 is 39.9. The minimum atomic E-state index is -4.67. The first-order chi connectivity index (χ1) is 15.8. The first-order valence-corrected chi connectivity index (χ1v) is 10.7. The molecule has 0 bridgehead atoms. The summed E-state index contributed by atoms with van der Waals surface area (Å²) in [4.78, 5) is 38.7. The molecule has 13 heteroatoms. The first-order valence-electron chi connectivity index (χ1n) is 10.7. The Kier molecular flexibility index (Phi) is 8.46. The predicted molar refractivity (Wildman–Crippen MR) is 113 cm³/mol. The SMILES string of the molecule is CCCC[C@@H](C(=O)C(=O)Nc1ccn[nH]1)N(C(=O)[O-])[C@H](Cn1ccc(C(F)(F)F)n1)C(C)(C)C. The number of ketones is 1. The molecule has 0 aliphatic heterocycles. The summed E-state index contributed by atoms with van der Waals surface area (Å²) in [7, 11) is 0. The van der Waals surface area contributed by atoms with Crippen LogP contribution in [0.3, 0.4) is 0 Å². The van der Waals surface area contributed by atoms with Crippen LogP contribution in [0.1, 0.15) is 52.7 Å². The number of alkyl halides is 3. The minimum absolute atomic E-state index is 0.0270. The number of aromatic amines is 1. The fourth-order valence-electron chi connectivity index (χ4n) is 3.50. The number of carbonyl (C=O) groups is 3. The zero-order valence-electron chi connectivity index (χ0n) is 19.3. The quantitative estimate of drug-likeness (QED) is 0.496. The van der Waals surface area contributed by atoms with Crippen molar-refractivity contribution in [1.82, 2.24) is 24.9 Å². The van der Waals surface area contributed by atoms with Crippen LogP contribution in [0.15, 0.2) is 24.5 Å². The predicted octanol–water partition coefficient (Wildman–Crippen LogP) is 2.45. The van der Waals surface area contributed by atoms with Gasteiger partial charge in [0, 0.05) is 12.3 Å². The van der Waals surface area contributed by atoms with Crippen molar-refractivity contribution < 1.29 is 32.7 Å². The molecule has 0 aliphatic carbocycles. The molecular formula is C21H28F3N6O4-. The third-order valence-corrected chi connectivity index (χ3v) is 5.28. The van der Waals surface area contributed by atoms with Crippen LogP contribution in [0.4, 0.5) is 23.8 Å². The van der Waals surface area contributed by atoms with E-state index in [9.17, 15) is 32.7 Å². The van der Waals surface area contributed by atoms with E-state index in [1.807, 2.05) is 6.92 Å². The Balaban J connectivity index is 2.42. The molecule has 0 spiro atoms. The Hall–Kier alpha value is -3.38. The molecule has 0 aliphatic rings. The van der Waals surface area contributed by atoms with Gasteiger partial charge in [-0.1, -0.05) is 40.5 Å². The molecule has 2 amide bonds. The number of H-pyrrole nitrogens is 1. The second-order valence-electron chi connectivity index (χ2n) is 8.92. The van der Waals surface area contributed by atoms with Crippen molar-refractivity contribution in [2.24, 2.45) is 5.41 Å². The van der Waals surface area contributed by atoms with E-state index in [1.165, 1.54) is 12.3 Å². The number of hydrogen-bond donors (Lipinski definition) is 2. The van der Waals surface area contributed by atoms with Gasteiger partial charge in [-0.2, -0.15) is 23.4 Å². The largest absolute Gasteiger partial charge is 0.530 e. The highest BCUT2D eigenvalue weighted by atomic mass is 19.4. The van der Waals surface area contributed by atoms with Gasteiger partial charge in [0.15, 0.2) is 5.69 Å². The van der Waals surface area contributed by atoms with Gasteiger partial charge in [-0.15, -0.1) is 0 Å². The normalized spacial score (nSPS) is 13.9. The number of halogens is 3. The zero-order valence-corrected chi connectivity index (χ0v) is 19.3. The number of carboxylic acid groups (broad SMARTS) is 1. The van der Waals surface area contributed by atoms with Crippen molar-refractivity contribution in [3.05, 3.63) is 30.2 Å². The van der Waals surface area contributed by atoms with Gasteiger partial charge in [-0.25, -0.2) is 0 Å².